The molecule has 0 aliphatic carbocycles. The van der Waals surface area contributed by atoms with Crippen molar-refractivity contribution in [3.63, 3.8) is 0 Å². The van der Waals surface area contributed by atoms with E-state index in [2.05, 4.69) is 4.72 Å². The number of hydrogen-bond donors (Lipinski definition) is 1. The highest BCUT2D eigenvalue weighted by Crippen LogP contribution is 2.26. The van der Waals surface area contributed by atoms with E-state index < -0.39 is 10.2 Å². The van der Waals surface area contributed by atoms with Gasteiger partial charge in [-0.25, -0.2) is 4.72 Å². The molecule has 100 valence electrons. The second-order valence-corrected chi connectivity index (χ2v) is 6.59. The summed E-state index contributed by atoms with van der Waals surface area (Å²) in [5.74, 6) is 1.08. The quantitative estimate of drug-likeness (QED) is 0.873. The summed E-state index contributed by atoms with van der Waals surface area (Å²) in [6.45, 7) is 0.946. The van der Waals surface area contributed by atoms with Gasteiger partial charge in [0, 0.05) is 26.6 Å². The van der Waals surface area contributed by atoms with Crippen LogP contribution in [0.4, 0.5) is 0 Å². The van der Waals surface area contributed by atoms with Crippen molar-refractivity contribution in [2.24, 2.45) is 5.92 Å². The van der Waals surface area contributed by atoms with E-state index in [9.17, 15) is 8.42 Å². The predicted molar refractivity (Wildman–Crippen MR) is 69.7 cm³/mol. The minimum Gasteiger partial charge on any atom is -0.493 e. The fourth-order valence-electron chi connectivity index (χ4n) is 1.87. The number of benzene rings is 1. The van der Waals surface area contributed by atoms with Crippen LogP contribution in [0.1, 0.15) is 5.56 Å². The smallest absolute Gasteiger partial charge is 0.278 e. The van der Waals surface area contributed by atoms with Gasteiger partial charge in [0.25, 0.3) is 10.2 Å². The number of fused-ring (bicyclic) bond motifs is 1. The molecule has 0 spiro atoms. The van der Waals surface area contributed by atoms with Gasteiger partial charge in [0.05, 0.1) is 6.61 Å². The van der Waals surface area contributed by atoms with Crippen LogP contribution in [0.2, 0.25) is 0 Å². The van der Waals surface area contributed by atoms with Crippen LogP contribution in [-0.2, 0) is 16.6 Å². The molecule has 5 nitrogen and oxygen atoms in total. The van der Waals surface area contributed by atoms with Gasteiger partial charge in [-0.1, -0.05) is 18.2 Å². The average Bonchev–Trinajstić information content (AvgIpc) is 2.36. The van der Waals surface area contributed by atoms with E-state index in [4.69, 9.17) is 4.74 Å². The van der Waals surface area contributed by atoms with Crippen LogP contribution in [0.5, 0.6) is 5.75 Å². The summed E-state index contributed by atoms with van der Waals surface area (Å²) in [4.78, 5) is 0. The minimum absolute atomic E-state index is 0.176. The molecule has 1 aromatic carbocycles. The molecule has 1 heterocycles. The van der Waals surface area contributed by atoms with Crippen molar-refractivity contribution >= 4 is 10.2 Å². The van der Waals surface area contributed by atoms with Crippen LogP contribution >= 0.6 is 0 Å². The maximum absolute atomic E-state index is 11.6. The first-order chi connectivity index (χ1) is 8.49. The van der Waals surface area contributed by atoms with E-state index in [1.807, 2.05) is 24.3 Å². The predicted octanol–water partition coefficient (Wildman–Crippen LogP) is 0.634. The summed E-state index contributed by atoms with van der Waals surface area (Å²) >= 11 is 0. The minimum atomic E-state index is -3.35. The number of nitrogens with zero attached hydrogens (tertiary/aromatic N) is 1. The third kappa shape index (κ3) is 3.01. The monoisotopic (exact) mass is 270 g/mol. The molecule has 0 unspecified atom stereocenters. The largest absolute Gasteiger partial charge is 0.493 e. The lowest BCUT2D eigenvalue weighted by atomic mass is 9.97. The van der Waals surface area contributed by atoms with Crippen LogP contribution in [0.15, 0.2) is 24.3 Å². The normalized spacial score (nSPS) is 19.4. The van der Waals surface area contributed by atoms with Crippen molar-refractivity contribution in [2.75, 3.05) is 27.2 Å². The van der Waals surface area contributed by atoms with Gasteiger partial charge < -0.3 is 4.74 Å². The first-order valence-electron chi connectivity index (χ1n) is 5.87. The van der Waals surface area contributed by atoms with Gasteiger partial charge in [-0.05, 0) is 18.1 Å². The molecule has 1 aliphatic rings. The lowest BCUT2D eigenvalue weighted by molar-refractivity contribution is 0.223. The van der Waals surface area contributed by atoms with Crippen LogP contribution in [0.25, 0.3) is 0 Å². The zero-order chi connectivity index (χ0) is 13.2. The number of hydrogen-bond acceptors (Lipinski definition) is 3. The molecule has 0 saturated heterocycles. The molecule has 1 aliphatic heterocycles. The highest BCUT2D eigenvalue weighted by atomic mass is 32.2. The molecule has 2 rings (SSSR count). The molecule has 0 aromatic heterocycles. The van der Waals surface area contributed by atoms with E-state index in [1.54, 1.807) is 0 Å². The summed E-state index contributed by atoms with van der Waals surface area (Å²) < 4.78 is 32.5. The zero-order valence-electron chi connectivity index (χ0n) is 10.6. The van der Waals surface area contributed by atoms with Crippen molar-refractivity contribution in [3.05, 3.63) is 29.8 Å². The summed E-state index contributed by atoms with van der Waals surface area (Å²) in [5, 5.41) is 0. The first-order valence-corrected chi connectivity index (χ1v) is 7.31. The fourth-order valence-corrected chi connectivity index (χ4v) is 2.58. The Morgan fingerprint density at radius 1 is 1.39 bits per heavy atom. The SMILES string of the molecule is CN(C)S(=O)(=O)NC[C@@H]1COc2ccccc2C1. The van der Waals surface area contributed by atoms with E-state index in [0.717, 1.165) is 17.7 Å². The Morgan fingerprint density at radius 2 is 2.11 bits per heavy atom. The lowest BCUT2D eigenvalue weighted by Crippen LogP contribution is -2.40. The molecule has 6 heteroatoms. The molecule has 0 fully saturated rings. The van der Waals surface area contributed by atoms with Crippen LogP contribution in [0.3, 0.4) is 0 Å². The summed E-state index contributed by atoms with van der Waals surface area (Å²) in [6.07, 6.45) is 0.839. The number of rotatable bonds is 4. The molecule has 0 bridgehead atoms. The zero-order valence-corrected chi connectivity index (χ0v) is 11.4. The second kappa shape index (κ2) is 5.26. The van der Waals surface area contributed by atoms with Gasteiger partial charge in [0.1, 0.15) is 5.75 Å². The van der Waals surface area contributed by atoms with E-state index >= 15 is 0 Å². The molecule has 0 saturated carbocycles. The number of ether oxygens (including phenoxy) is 1. The summed E-state index contributed by atoms with van der Waals surface area (Å²) in [5.41, 5.74) is 1.14. The third-order valence-corrected chi connectivity index (χ3v) is 4.48. The van der Waals surface area contributed by atoms with Gasteiger partial charge >= 0.3 is 0 Å². The number of nitrogens with one attached hydrogen (secondary N) is 1. The highest BCUT2D eigenvalue weighted by Gasteiger charge is 2.22. The van der Waals surface area contributed by atoms with Crippen molar-refractivity contribution < 1.29 is 13.2 Å². The van der Waals surface area contributed by atoms with Crippen molar-refractivity contribution in [2.45, 2.75) is 6.42 Å². The van der Waals surface area contributed by atoms with Gasteiger partial charge in [0.15, 0.2) is 0 Å². The maximum Gasteiger partial charge on any atom is 0.278 e. The molecular formula is C12H18N2O3S. The summed E-state index contributed by atoms with van der Waals surface area (Å²) in [7, 11) is -0.329. The molecule has 0 radical (unpaired) electrons. The van der Waals surface area contributed by atoms with Crippen molar-refractivity contribution in [1.82, 2.24) is 9.03 Å². The molecule has 1 aromatic rings. The van der Waals surface area contributed by atoms with Gasteiger partial charge in [-0.3, -0.25) is 0 Å². The lowest BCUT2D eigenvalue weighted by Gasteiger charge is -2.25. The summed E-state index contributed by atoms with van der Waals surface area (Å²) in [6, 6.07) is 7.86. The van der Waals surface area contributed by atoms with Gasteiger partial charge in [0.2, 0.25) is 0 Å². The van der Waals surface area contributed by atoms with E-state index in [1.165, 1.54) is 18.4 Å². The topological polar surface area (TPSA) is 58.6 Å². The van der Waals surface area contributed by atoms with Crippen molar-refractivity contribution in [1.29, 1.82) is 0 Å². The van der Waals surface area contributed by atoms with Crippen molar-refractivity contribution in [3.8, 4) is 5.75 Å². The maximum atomic E-state index is 11.6. The van der Waals surface area contributed by atoms with E-state index in [-0.39, 0.29) is 5.92 Å². The Morgan fingerprint density at radius 3 is 2.83 bits per heavy atom. The Balaban J connectivity index is 1.95. The molecular weight excluding hydrogens is 252 g/mol. The van der Waals surface area contributed by atoms with Gasteiger partial charge in [-0.2, -0.15) is 12.7 Å². The van der Waals surface area contributed by atoms with Crippen LogP contribution in [0, 0.1) is 5.92 Å². The Hall–Kier alpha value is -1.11. The van der Waals surface area contributed by atoms with Gasteiger partial charge in [-0.15, -0.1) is 0 Å². The third-order valence-electron chi connectivity index (χ3n) is 2.99. The highest BCUT2D eigenvalue weighted by molar-refractivity contribution is 7.87. The molecule has 1 atom stereocenters. The molecule has 18 heavy (non-hydrogen) atoms. The Bertz CT molecular complexity index is 514. The first kappa shape index (κ1) is 13.3. The fraction of sp³-hybridized carbons (Fsp3) is 0.500. The standard InChI is InChI=1S/C12H18N2O3S/c1-14(2)18(15,16)13-8-10-7-11-5-3-4-6-12(11)17-9-10/h3-6,10,13H,7-9H2,1-2H3/t10-/m1/s1. The van der Waals surface area contributed by atoms with Crippen LogP contribution in [-0.4, -0.2) is 40.0 Å². The van der Waals surface area contributed by atoms with E-state index in [0.29, 0.717) is 13.2 Å². The molecule has 1 N–H and O–H groups in total. The second-order valence-electron chi connectivity index (χ2n) is 4.62. The Labute approximate surface area is 108 Å². The van der Waals surface area contributed by atoms with Crippen LogP contribution < -0.4 is 9.46 Å². The Kier molecular flexibility index (Phi) is 3.89. The number of para-hydroxylation sites is 1. The average molecular weight is 270 g/mol. The molecule has 0 amide bonds.